The summed E-state index contributed by atoms with van der Waals surface area (Å²) in [4.78, 5) is 43.4. The first-order valence-electron chi connectivity index (χ1n) is 4.84. The second-order valence-electron chi connectivity index (χ2n) is 3.56. The lowest BCUT2D eigenvalue weighted by Gasteiger charge is -2.28. The highest BCUT2D eigenvalue weighted by Gasteiger charge is 2.58. The van der Waals surface area contributed by atoms with Gasteiger partial charge in [-0.15, -0.1) is 0 Å². The van der Waals surface area contributed by atoms with Gasteiger partial charge in [0.15, 0.2) is 0 Å². The molecule has 0 saturated carbocycles. The van der Waals surface area contributed by atoms with Crippen LogP contribution >= 0.6 is 15.2 Å². The van der Waals surface area contributed by atoms with Gasteiger partial charge in [0.2, 0.25) is 0 Å². The zero-order chi connectivity index (χ0) is 17.7. The van der Waals surface area contributed by atoms with Crippen molar-refractivity contribution in [2.24, 2.45) is 5.73 Å². The molecule has 0 spiro atoms. The van der Waals surface area contributed by atoms with Crippen LogP contribution in [0, 0.1) is 0 Å². The van der Waals surface area contributed by atoms with Gasteiger partial charge in [0.1, 0.15) is 0 Å². The lowest BCUT2D eigenvalue weighted by molar-refractivity contribution is -0.192. The van der Waals surface area contributed by atoms with Gasteiger partial charge in [0.25, 0.3) is 5.08 Å². The van der Waals surface area contributed by atoms with E-state index in [9.17, 15) is 27.4 Å². The van der Waals surface area contributed by atoms with Gasteiger partial charge in [-0.1, -0.05) is 0 Å². The molecule has 15 heteroatoms. The predicted molar refractivity (Wildman–Crippen MR) is 61.0 cm³/mol. The van der Waals surface area contributed by atoms with Gasteiger partial charge in [0.05, 0.1) is 0 Å². The zero-order valence-corrected chi connectivity index (χ0v) is 11.9. The van der Waals surface area contributed by atoms with Crippen LogP contribution in [-0.2, 0) is 13.9 Å². The van der Waals surface area contributed by atoms with E-state index in [1.807, 2.05) is 0 Å². The Bertz CT molecular complexity index is 419. The summed E-state index contributed by atoms with van der Waals surface area (Å²) >= 11 is 0. The molecule has 10 nitrogen and oxygen atoms in total. The largest absolute Gasteiger partial charge is 0.490 e. The van der Waals surface area contributed by atoms with Crippen molar-refractivity contribution in [1.29, 1.82) is 0 Å². The van der Waals surface area contributed by atoms with E-state index in [1.165, 1.54) is 0 Å². The van der Waals surface area contributed by atoms with Crippen LogP contribution in [0.25, 0.3) is 0 Å². The molecule has 0 aromatic carbocycles. The first-order chi connectivity index (χ1) is 9.00. The molecule has 0 bridgehead atoms. The molecule has 0 aliphatic heterocycles. The fraction of sp³-hybridized carbons (Fsp3) is 0.833. The fourth-order valence-corrected chi connectivity index (χ4v) is 3.06. The second kappa shape index (κ2) is 7.65. The number of aliphatic carboxylic acids is 1. The van der Waals surface area contributed by atoms with Crippen LogP contribution in [0.4, 0.5) is 13.2 Å². The number of rotatable bonds is 5. The first-order valence-corrected chi connectivity index (χ1v) is 8.07. The Kier molecular flexibility index (Phi) is 8.30. The lowest BCUT2D eigenvalue weighted by Crippen LogP contribution is -2.29. The fourth-order valence-electron chi connectivity index (χ4n) is 0.800. The highest BCUT2D eigenvalue weighted by atomic mass is 31.2. The monoisotopic (exact) mass is 363 g/mol. The molecule has 0 aliphatic carbocycles. The highest BCUT2D eigenvalue weighted by Crippen LogP contribution is 2.69. The summed E-state index contributed by atoms with van der Waals surface area (Å²) in [5, 5.41) is 13.0. The average Bonchev–Trinajstić information content (AvgIpc) is 2.22. The minimum absolute atomic E-state index is 0.0394. The van der Waals surface area contributed by atoms with Gasteiger partial charge in [-0.3, -0.25) is 9.13 Å². The Morgan fingerprint density at radius 2 is 1.33 bits per heavy atom. The zero-order valence-electron chi connectivity index (χ0n) is 10.1. The Hall–Kier alpha value is -0.520. The molecule has 128 valence electrons. The number of carboxylic acid groups (broad SMARTS) is 1. The smallest absolute Gasteiger partial charge is 0.475 e. The van der Waals surface area contributed by atoms with Crippen molar-refractivity contribution in [3.8, 4) is 0 Å². The van der Waals surface area contributed by atoms with Crippen LogP contribution in [0.5, 0.6) is 0 Å². The molecular weight excluding hydrogens is 349 g/mol. The van der Waals surface area contributed by atoms with Gasteiger partial charge in [-0.2, -0.15) is 13.2 Å². The lowest BCUT2D eigenvalue weighted by atomic mass is 10.3. The predicted octanol–water partition coefficient (Wildman–Crippen LogP) is -0.640. The second-order valence-corrected chi connectivity index (χ2v) is 7.57. The SMILES string of the molecule is NCCCC(O)(P(=O)(O)O)P(=O)(O)O.O=C(O)C(F)(F)F. The molecule has 0 heterocycles. The van der Waals surface area contributed by atoms with Crippen LogP contribution in [0.1, 0.15) is 12.8 Å². The number of hydrogen-bond acceptors (Lipinski definition) is 5. The molecule has 0 rings (SSSR count). The van der Waals surface area contributed by atoms with Crippen LogP contribution in [0.2, 0.25) is 0 Å². The van der Waals surface area contributed by atoms with Crippen LogP contribution in [0.3, 0.4) is 0 Å². The summed E-state index contributed by atoms with van der Waals surface area (Å²) in [5.41, 5.74) is 5.01. The van der Waals surface area contributed by atoms with Crippen molar-refractivity contribution in [3.63, 3.8) is 0 Å². The molecule has 0 aromatic heterocycles. The first kappa shape index (κ1) is 22.8. The van der Waals surface area contributed by atoms with Crippen molar-refractivity contribution in [1.82, 2.24) is 0 Å². The maximum Gasteiger partial charge on any atom is 0.490 e. The molecule has 0 fully saturated rings. The Morgan fingerprint density at radius 1 is 1.05 bits per heavy atom. The summed E-state index contributed by atoms with van der Waals surface area (Å²) in [6.07, 6.45) is -5.94. The maximum atomic E-state index is 10.7. The van der Waals surface area contributed by atoms with Crippen molar-refractivity contribution < 1.29 is 56.9 Å². The summed E-state index contributed by atoms with van der Waals surface area (Å²) in [7, 11) is -10.6. The molecule has 21 heavy (non-hydrogen) atoms. The Labute approximate surface area is 115 Å². The van der Waals surface area contributed by atoms with E-state index in [0.29, 0.717) is 0 Å². The van der Waals surface area contributed by atoms with Gasteiger partial charge in [-0.05, 0) is 13.0 Å². The minimum atomic E-state index is -5.30. The number of aliphatic hydroxyl groups is 1. The third-order valence-electron chi connectivity index (χ3n) is 1.89. The summed E-state index contributed by atoms with van der Waals surface area (Å²) in [6, 6.07) is 0. The van der Waals surface area contributed by atoms with E-state index in [2.05, 4.69) is 0 Å². The van der Waals surface area contributed by atoms with Gasteiger partial charge >= 0.3 is 27.3 Å². The van der Waals surface area contributed by atoms with E-state index < -0.39 is 38.8 Å². The third kappa shape index (κ3) is 7.34. The van der Waals surface area contributed by atoms with Crippen molar-refractivity contribution in [2.45, 2.75) is 24.1 Å². The van der Waals surface area contributed by atoms with Gasteiger partial charge in [-0.25, -0.2) is 4.79 Å². The number of carboxylic acids is 1. The van der Waals surface area contributed by atoms with E-state index in [4.69, 9.17) is 35.2 Å². The quantitative estimate of drug-likeness (QED) is 0.308. The maximum absolute atomic E-state index is 10.7. The molecule has 0 radical (unpaired) electrons. The van der Waals surface area contributed by atoms with Crippen LogP contribution in [0.15, 0.2) is 0 Å². The highest BCUT2D eigenvalue weighted by molar-refractivity contribution is 7.72. The van der Waals surface area contributed by atoms with E-state index in [-0.39, 0.29) is 13.0 Å². The summed E-state index contributed by atoms with van der Waals surface area (Å²) in [6.45, 7) is -0.0394. The number of halogens is 3. The summed E-state index contributed by atoms with van der Waals surface area (Å²) < 4.78 is 53.2. The topological polar surface area (TPSA) is 199 Å². The molecule has 8 N–H and O–H groups in total. The number of alkyl halides is 3. The molecule has 0 aliphatic rings. The van der Waals surface area contributed by atoms with E-state index in [1.54, 1.807) is 0 Å². The normalized spacial score (nSPS) is 13.4. The van der Waals surface area contributed by atoms with Crippen LogP contribution < -0.4 is 5.73 Å². The number of nitrogens with two attached hydrogens (primary N) is 1. The van der Waals surface area contributed by atoms with Crippen molar-refractivity contribution in [3.05, 3.63) is 0 Å². The van der Waals surface area contributed by atoms with Gasteiger partial charge < -0.3 is 35.5 Å². The Balaban J connectivity index is 0. The van der Waals surface area contributed by atoms with E-state index in [0.717, 1.165) is 0 Å². The van der Waals surface area contributed by atoms with Crippen LogP contribution in [-0.4, -0.2) is 53.6 Å². The van der Waals surface area contributed by atoms with Crippen molar-refractivity contribution in [2.75, 3.05) is 6.54 Å². The molecule has 0 aromatic rings. The average molecular weight is 363 g/mol. The molecular formula is C6H14F3NO9P2. The molecule has 0 unspecified atom stereocenters. The van der Waals surface area contributed by atoms with Gasteiger partial charge in [0, 0.05) is 6.42 Å². The number of carbonyl (C=O) groups is 1. The molecule has 0 atom stereocenters. The third-order valence-corrected chi connectivity index (χ3v) is 5.77. The van der Waals surface area contributed by atoms with Crippen molar-refractivity contribution >= 4 is 21.2 Å². The molecule has 0 amide bonds. The number of hydrogen-bond donors (Lipinski definition) is 7. The standard InChI is InChI=1S/C4H13NO7P2.C2HF3O2/c5-3-1-2-4(6,13(7,8)9)14(10,11)12;3-2(4,5)1(6)7/h6H,1-3,5H2,(H2,7,8,9)(H2,10,11,12);(H,6,7). The van der Waals surface area contributed by atoms with E-state index >= 15 is 0 Å². The Morgan fingerprint density at radius 3 is 1.48 bits per heavy atom. The minimum Gasteiger partial charge on any atom is -0.475 e. The summed E-state index contributed by atoms with van der Waals surface area (Å²) in [5.74, 6) is -2.76. The molecule has 0 saturated heterocycles.